The van der Waals surface area contributed by atoms with Crippen molar-refractivity contribution in [3.05, 3.63) is 70.2 Å². The summed E-state index contributed by atoms with van der Waals surface area (Å²) < 4.78 is 0. The first-order chi connectivity index (χ1) is 13.0. The topological polar surface area (TPSA) is 60.9 Å². The van der Waals surface area contributed by atoms with Crippen molar-refractivity contribution >= 4 is 23.4 Å². The molecule has 1 unspecified atom stereocenters. The molecule has 0 aromatic heterocycles. The molecule has 2 amide bonds. The Hall–Kier alpha value is -2.21. The number of imide groups is 1. The summed E-state index contributed by atoms with van der Waals surface area (Å²) in [5.41, 5.74) is 1.99. The molecule has 27 heavy (non-hydrogen) atoms. The number of nitrogens with zero attached hydrogens (tertiary/aromatic N) is 2. The van der Waals surface area contributed by atoms with Crippen LogP contribution < -0.4 is 0 Å². The number of carbonyl (C=O) groups is 2. The summed E-state index contributed by atoms with van der Waals surface area (Å²) in [6.07, 6.45) is 0.0439. The van der Waals surface area contributed by atoms with Gasteiger partial charge in [0, 0.05) is 18.1 Å². The fourth-order valence-corrected chi connectivity index (χ4v) is 3.41. The molecule has 2 aromatic carbocycles. The van der Waals surface area contributed by atoms with Crippen LogP contribution in [0.1, 0.15) is 33.2 Å². The van der Waals surface area contributed by atoms with Gasteiger partial charge in [0.15, 0.2) is 0 Å². The van der Waals surface area contributed by atoms with Gasteiger partial charge in [-0.25, -0.2) is 0 Å². The highest BCUT2D eigenvalue weighted by Crippen LogP contribution is 2.22. The Balaban J connectivity index is 1.54. The van der Waals surface area contributed by atoms with Gasteiger partial charge in [-0.2, -0.15) is 0 Å². The lowest BCUT2D eigenvalue weighted by molar-refractivity contribution is 0.0479. The van der Waals surface area contributed by atoms with E-state index in [9.17, 15) is 14.7 Å². The Labute approximate surface area is 164 Å². The van der Waals surface area contributed by atoms with Gasteiger partial charge in [-0.15, -0.1) is 0 Å². The minimum absolute atomic E-state index is 0.00376. The van der Waals surface area contributed by atoms with E-state index in [4.69, 9.17) is 11.6 Å². The van der Waals surface area contributed by atoms with Gasteiger partial charge in [0.1, 0.15) is 0 Å². The fraction of sp³-hybridized carbons (Fsp3) is 0.333. The van der Waals surface area contributed by atoms with Crippen molar-refractivity contribution in [3.8, 4) is 0 Å². The third kappa shape index (κ3) is 4.56. The summed E-state index contributed by atoms with van der Waals surface area (Å²) >= 11 is 5.91. The zero-order valence-electron chi connectivity index (χ0n) is 15.3. The molecular weight excluding hydrogens is 364 g/mol. The maximum atomic E-state index is 12.4. The number of likely N-dealkylation sites (N-methyl/N-ethyl adjacent to an activating group) is 1. The molecule has 2 aromatic rings. The molecule has 0 saturated carbocycles. The summed E-state index contributed by atoms with van der Waals surface area (Å²) in [4.78, 5) is 28.1. The van der Waals surface area contributed by atoms with E-state index < -0.39 is 6.10 Å². The van der Waals surface area contributed by atoms with Gasteiger partial charge in [0.05, 0.1) is 23.8 Å². The molecule has 1 aliphatic rings. The molecule has 3 rings (SSSR count). The minimum atomic E-state index is -0.794. The molecule has 1 heterocycles. The highest BCUT2D eigenvalue weighted by atomic mass is 35.5. The minimum Gasteiger partial charge on any atom is -0.390 e. The monoisotopic (exact) mass is 386 g/mol. The Bertz CT molecular complexity index is 787. The third-order valence-electron chi connectivity index (χ3n) is 4.82. The van der Waals surface area contributed by atoms with Gasteiger partial charge < -0.3 is 10.0 Å². The molecular formula is C21H23ClN2O3. The molecule has 0 radical (unpaired) electrons. The Morgan fingerprint density at radius 1 is 1.04 bits per heavy atom. The number of hydrogen-bond donors (Lipinski definition) is 1. The summed E-state index contributed by atoms with van der Waals surface area (Å²) in [7, 11) is 0. The summed E-state index contributed by atoms with van der Waals surface area (Å²) in [6.45, 7) is 3.97. The fourth-order valence-electron chi connectivity index (χ4n) is 3.29. The van der Waals surface area contributed by atoms with Gasteiger partial charge in [0.2, 0.25) is 0 Å². The predicted octanol–water partition coefficient (Wildman–Crippen LogP) is 2.86. The second kappa shape index (κ2) is 8.65. The Morgan fingerprint density at radius 3 is 2.19 bits per heavy atom. The van der Waals surface area contributed by atoms with E-state index in [1.165, 1.54) is 5.56 Å². The first-order valence-electron chi connectivity index (χ1n) is 9.09. The van der Waals surface area contributed by atoms with Crippen LogP contribution in [0.4, 0.5) is 0 Å². The lowest BCUT2D eigenvalue weighted by Gasteiger charge is -2.25. The first-order valence-corrected chi connectivity index (χ1v) is 9.47. The van der Waals surface area contributed by atoms with E-state index in [2.05, 4.69) is 4.90 Å². The van der Waals surface area contributed by atoms with Crippen LogP contribution >= 0.6 is 11.6 Å². The number of benzene rings is 2. The number of carbonyl (C=O) groups excluding carboxylic acids is 2. The van der Waals surface area contributed by atoms with Crippen LogP contribution in [0.25, 0.3) is 0 Å². The molecule has 0 fully saturated rings. The number of amides is 2. The lowest BCUT2D eigenvalue weighted by atomic mass is 10.1. The largest absolute Gasteiger partial charge is 0.390 e. The summed E-state index contributed by atoms with van der Waals surface area (Å²) in [5.74, 6) is -0.669. The Kier molecular flexibility index (Phi) is 6.26. The number of halogens is 1. The van der Waals surface area contributed by atoms with Crippen LogP contribution in [0.3, 0.4) is 0 Å². The van der Waals surface area contributed by atoms with E-state index >= 15 is 0 Å². The van der Waals surface area contributed by atoms with Gasteiger partial charge in [-0.05, 0) is 42.8 Å². The molecule has 142 valence electrons. The molecule has 0 spiro atoms. The summed E-state index contributed by atoms with van der Waals surface area (Å²) in [6, 6.07) is 14.5. The number of aliphatic hydroxyl groups is 1. The molecule has 1 atom stereocenters. The molecule has 1 N–H and O–H groups in total. The van der Waals surface area contributed by atoms with Crippen LogP contribution in [-0.2, 0) is 6.42 Å². The Morgan fingerprint density at radius 2 is 1.63 bits per heavy atom. The molecule has 0 bridgehead atoms. The van der Waals surface area contributed by atoms with Crippen molar-refractivity contribution in [2.75, 3.05) is 26.2 Å². The van der Waals surface area contributed by atoms with E-state index in [0.717, 1.165) is 24.4 Å². The second-order valence-electron chi connectivity index (χ2n) is 6.69. The van der Waals surface area contributed by atoms with Crippen LogP contribution in [0, 0.1) is 0 Å². The van der Waals surface area contributed by atoms with Crippen molar-refractivity contribution in [1.29, 1.82) is 0 Å². The number of aliphatic hydroxyl groups excluding tert-OH is 1. The maximum absolute atomic E-state index is 12.4. The quantitative estimate of drug-likeness (QED) is 0.709. The third-order valence-corrected chi connectivity index (χ3v) is 5.07. The second-order valence-corrected chi connectivity index (χ2v) is 7.13. The van der Waals surface area contributed by atoms with Crippen LogP contribution in [0.2, 0.25) is 5.02 Å². The highest BCUT2D eigenvalue weighted by molar-refractivity contribution is 6.30. The van der Waals surface area contributed by atoms with Gasteiger partial charge in [-0.1, -0.05) is 42.8 Å². The SMILES string of the molecule is CCN(CCc1ccc(Cl)cc1)CC(O)CN1C(=O)c2ccccc2C1=O. The number of rotatable bonds is 8. The summed E-state index contributed by atoms with van der Waals surface area (Å²) in [5, 5.41) is 11.2. The van der Waals surface area contributed by atoms with Gasteiger partial charge in [0.25, 0.3) is 11.8 Å². The molecule has 5 nitrogen and oxygen atoms in total. The molecule has 0 aliphatic carbocycles. The van der Waals surface area contributed by atoms with Crippen LogP contribution in [-0.4, -0.2) is 59.0 Å². The van der Waals surface area contributed by atoms with Crippen molar-refractivity contribution in [1.82, 2.24) is 9.80 Å². The molecule has 0 saturated heterocycles. The standard InChI is InChI=1S/C21H23ClN2O3/c1-2-23(12-11-15-7-9-16(22)10-8-15)13-17(25)14-24-20(26)18-5-3-4-6-19(18)21(24)27/h3-10,17,25H,2,11-14H2,1H3. The predicted molar refractivity (Wildman–Crippen MR) is 105 cm³/mol. The van der Waals surface area contributed by atoms with Crippen molar-refractivity contribution < 1.29 is 14.7 Å². The van der Waals surface area contributed by atoms with Crippen LogP contribution in [0.5, 0.6) is 0 Å². The first kappa shape index (κ1) is 19.5. The smallest absolute Gasteiger partial charge is 0.261 e. The zero-order chi connectivity index (χ0) is 19.4. The number of fused-ring (bicyclic) bond motifs is 1. The van der Waals surface area contributed by atoms with E-state index in [0.29, 0.717) is 22.7 Å². The average molecular weight is 387 g/mol. The normalized spacial score (nSPS) is 14.7. The van der Waals surface area contributed by atoms with Gasteiger partial charge >= 0.3 is 0 Å². The van der Waals surface area contributed by atoms with Crippen molar-refractivity contribution in [2.45, 2.75) is 19.4 Å². The number of β-amino-alcohol motifs (C(OH)–C–C–N with tert-alkyl or cyclic N) is 1. The lowest BCUT2D eigenvalue weighted by Crippen LogP contribution is -2.43. The number of hydrogen-bond acceptors (Lipinski definition) is 4. The van der Waals surface area contributed by atoms with Crippen LogP contribution in [0.15, 0.2) is 48.5 Å². The molecule has 1 aliphatic heterocycles. The van der Waals surface area contributed by atoms with Crippen molar-refractivity contribution in [3.63, 3.8) is 0 Å². The average Bonchev–Trinajstić information content (AvgIpc) is 2.91. The van der Waals surface area contributed by atoms with E-state index in [1.54, 1.807) is 24.3 Å². The highest BCUT2D eigenvalue weighted by Gasteiger charge is 2.36. The van der Waals surface area contributed by atoms with Gasteiger partial charge in [-0.3, -0.25) is 14.5 Å². The zero-order valence-corrected chi connectivity index (χ0v) is 16.0. The maximum Gasteiger partial charge on any atom is 0.261 e. The van der Waals surface area contributed by atoms with E-state index in [1.807, 2.05) is 31.2 Å². The van der Waals surface area contributed by atoms with E-state index in [-0.39, 0.29) is 18.4 Å². The molecule has 6 heteroatoms. The van der Waals surface area contributed by atoms with Crippen molar-refractivity contribution in [2.24, 2.45) is 0 Å².